The van der Waals surface area contributed by atoms with E-state index in [1.165, 1.54) is 18.2 Å². The lowest BCUT2D eigenvalue weighted by Crippen LogP contribution is -2.28. The second-order valence-electron chi connectivity index (χ2n) is 4.38. The van der Waals surface area contributed by atoms with Crippen molar-refractivity contribution in [2.45, 2.75) is 19.3 Å². The van der Waals surface area contributed by atoms with Gasteiger partial charge >= 0.3 is 0 Å². The van der Waals surface area contributed by atoms with Gasteiger partial charge in [0.05, 0.1) is 6.61 Å². The molecule has 2 rings (SSSR count). The van der Waals surface area contributed by atoms with E-state index in [9.17, 15) is 8.78 Å². The first-order valence-corrected chi connectivity index (χ1v) is 6.05. The number of hydrogen-bond donors (Lipinski definition) is 1. The Morgan fingerprint density at radius 1 is 1.18 bits per heavy atom. The molecule has 1 heterocycles. The van der Waals surface area contributed by atoms with Crippen LogP contribution in [0.25, 0.3) is 0 Å². The molecule has 0 atom stereocenters. The lowest BCUT2D eigenvalue weighted by molar-refractivity contribution is 0.235. The third-order valence-electron chi connectivity index (χ3n) is 3.15. The molecular formula is C13H17F2NO. The Morgan fingerprint density at radius 3 is 2.47 bits per heavy atom. The third-order valence-corrected chi connectivity index (χ3v) is 3.15. The number of benzene rings is 1. The molecule has 17 heavy (non-hydrogen) atoms. The standard InChI is InChI=1S/C13H17F2NO/c14-11-2-1-3-12(15)13(11)17-9-6-10-4-7-16-8-5-10/h1-3,10,16H,4-9H2. The summed E-state index contributed by atoms with van der Waals surface area (Å²) in [5.74, 6) is -0.904. The predicted molar refractivity (Wildman–Crippen MR) is 62.1 cm³/mol. The van der Waals surface area contributed by atoms with Gasteiger partial charge in [-0.25, -0.2) is 8.78 Å². The molecule has 0 saturated carbocycles. The molecule has 0 aromatic heterocycles. The summed E-state index contributed by atoms with van der Waals surface area (Å²) in [7, 11) is 0. The Hall–Kier alpha value is -1.16. The molecule has 1 aromatic carbocycles. The van der Waals surface area contributed by atoms with Crippen LogP contribution in [0.15, 0.2) is 18.2 Å². The van der Waals surface area contributed by atoms with Gasteiger partial charge < -0.3 is 10.1 Å². The zero-order valence-electron chi connectivity index (χ0n) is 9.72. The first-order chi connectivity index (χ1) is 8.27. The summed E-state index contributed by atoms with van der Waals surface area (Å²) in [6, 6.07) is 3.76. The van der Waals surface area contributed by atoms with Crippen molar-refractivity contribution in [2.24, 2.45) is 5.92 Å². The monoisotopic (exact) mass is 241 g/mol. The van der Waals surface area contributed by atoms with Crippen molar-refractivity contribution in [3.63, 3.8) is 0 Å². The summed E-state index contributed by atoms with van der Waals surface area (Å²) in [6.45, 7) is 2.43. The Bertz CT molecular complexity index is 344. The SMILES string of the molecule is Fc1cccc(F)c1OCCC1CCNCC1. The molecular weight excluding hydrogens is 224 g/mol. The van der Waals surface area contributed by atoms with E-state index in [2.05, 4.69) is 5.32 Å². The van der Waals surface area contributed by atoms with Gasteiger partial charge in [-0.15, -0.1) is 0 Å². The molecule has 0 bridgehead atoms. The van der Waals surface area contributed by atoms with Crippen LogP contribution in [0.2, 0.25) is 0 Å². The lowest BCUT2D eigenvalue weighted by atomic mass is 9.95. The Kier molecular flexibility index (Phi) is 4.31. The van der Waals surface area contributed by atoms with Crippen LogP contribution in [0.5, 0.6) is 5.75 Å². The number of nitrogens with one attached hydrogen (secondary N) is 1. The number of ether oxygens (including phenoxy) is 1. The van der Waals surface area contributed by atoms with Crippen molar-refractivity contribution < 1.29 is 13.5 Å². The topological polar surface area (TPSA) is 21.3 Å². The summed E-state index contributed by atoms with van der Waals surface area (Å²) in [5, 5.41) is 3.28. The second kappa shape index (κ2) is 5.96. The van der Waals surface area contributed by atoms with Crippen LogP contribution in [0, 0.1) is 17.6 Å². The smallest absolute Gasteiger partial charge is 0.190 e. The third kappa shape index (κ3) is 3.40. The molecule has 0 unspecified atom stereocenters. The van der Waals surface area contributed by atoms with Gasteiger partial charge in [0.1, 0.15) is 0 Å². The molecule has 1 aliphatic heterocycles. The van der Waals surface area contributed by atoms with Crippen LogP contribution in [-0.2, 0) is 0 Å². The Balaban J connectivity index is 1.81. The number of rotatable bonds is 4. The first kappa shape index (κ1) is 12.3. The van der Waals surface area contributed by atoms with E-state index in [4.69, 9.17) is 4.74 Å². The summed E-state index contributed by atoms with van der Waals surface area (Å²) < 4.78 is 31.7. The molecule has 1 N–H and O–H groups in total. The number of piperidine rings is 1. The molecule has 4 heteroatoms. The average Bonchev–Trinajstić information content (AvgIpc) is 2.34. The van der Waals surface area contributed by atoms with Gasteiger partial charge in [-0.05, 0) is 50.4 Å². The highest BCUT2D eigenvalue weighted by Gasteiger charge is 2.14. The van der Waals surface area contributed by atoms with Crippen molar-refractivity contribution in [3.8, 4) is 5.75 Å². The van der Waals surface area contributed by atoms with Crippen molar-refractivity contribution in [3.05, 3.63) is 29.8 Å². The minimum Gasteiger partial charge on any atom is -0.488 e. The minimum atomic E-state index is -0.629. The quantitative estimate of drug-likeness (QED) is 0.875. The molecule has 0 amide bonds. The summed E-state index contributed by atoms with van der Waals surface area (Å²) in [4.78, 5) is 0. The second-order valence-corrected chi connectivity index (χ2v) is 4.38. The van der Waals surface area contributed by atoms with E-state index in [0.29, 0.717) is 12.5 Å². The Labute approximate surface area is 100.0 Å². The van der Waals surface area contributed by atoms with Gasteiger partial charge in [-0.3, -0.25) is 0 Å². The van der Waals surface area contributed by atoms with Gasteiger partial charge in [0.25, 0.3) is 0 Å². The van der Waals surface area contributed by atoms with E-state index < -0.39 is 11.6 Å². The highest BCUT2D eigenvalue weighted by Crippen LogP contribution is 2.22. The summed E-state index contributed by atoms with van der Waals surface area (Å²) in [5.41, 5.74) is 0. The molecule has 1 fully saturated rings. The number of para-hydroxylation sites is 1. The van der Waals surface area contributed by atoms with Crippen molar-refractivity contribution in [1.82, 2.24) is 5.32 Å². The minimum absolute atomic E-state index is 0.249. The van der Waals surface area contributed by atoms with Gasteiger partial charge in [0, 0.05) is 0 Å². The largest absolute Gasteiger partial charge is 0.488 e. The molecule has 1 aliphatic rings. The maximum atomic E-state index is 13.2. The fourth-order valence-corrected chi connectivity index (χ4v) is 2.12. The molecule has 94 valence electrons. The fourth-order valence-electron chi connectivity index (χ4n) is 2.12. The van der Waals surface area contributed by atoms with E-state index in [-0.39, 0.29) is 5.75 Å². The predicted octanol–water partition coefficient (Wildman–Crippen LogP) is 2.73. The highest BCUT2D eigenvalue weighted by molar-refractivity contribution is 5.25. The first-order valence-electron chi connectivity index (χ1n) is 6.05. The maximum Gasteiger partial charge on any atom is 0.190 e. The van der Waals surface area contributed by atoms with E-state index in [0.717, 1.165) is 32.4 Å². The van der Waals surface area contributed by atoms with Gasteiger partial charge in [0.15, 0.2) is 17.4 Å². The molecule has 0 spiro atoms. The van der Waals surface area contributed by atoms with Gasteiger partial charge in [-0.2, -0.15) is 0 Å². The molecule has 1 saturated heterocycles. The number of halogens is 2. The zero-order valence-corrected chi connectivity index (χ0v) is 9.72. The van der Waals surface area contributed by atoms with Crippen LogP contribution < -0.4 is 10.1 Å². The molecule has 1 aromatic rings. The van der Waals surface area contributed by atoms with Crippen LogP contribution >= 0.6 is 0 Å². The van der Waals surface area contributed by atoms with Crippen LogP contribution in [0.4, 0.5) is 8.78 Å². The van der Waals surface area contributed by atoms with Gasteiger partial charge in [-0.1, -0.05) is 6.07 Å². The van der Waals surface area contributed by atoms with Crippen molar-refractivity contribution >= 4 is 0 Å². The zero-order chi connectivity index (χ0) is 12.1. The highest BCUT2D eigenvalue weighted by atomic mass is 19.1. The fraction of sp³-hybridized carbons (Fsp3) is 0.538. The Morgan fingerprint density at radius 2 is 1.82 bits per heavy atom. The van der Waals surface area contributed by atoms with E-state index in [1.807, 2.05) is 0 Å². The summed E-state index contributed by atoms with van der Waals surface area (Å²) in [6.07, 6.45) is 3.09. The molecule has 2 nitrogen and oxygen atoms in total. The van der Waals surface area contributed by atoms with Crippen LogP contribution in [-0.4, -0.2) is 19.7 Å². The van der Waals surface area contributed by atoms with Crippen molar-refractivity contribution in [1.29, 1.82) is 0 Å². The van der Waals surface area contributed by atoms with Gasteiger partial charge in [0.2, 0.25) is 0 Å². The van der Waals surface area contributed by atoms with Crippen molar-refractivity contribution in [2.75, 3.05) is 19.7 Å². The van der Waals surface area contributed by atoms with Crippen LogP contribution in [0.1, 0.15) is 19.3 Å². The molecule has 0 aliphatic carbocycles. The number of hydrogen-bond acceptors (Lipinski definition) is 2. The van der Waals surface area contributed by atoms with Crippen LogP contribution in [0.3, 0.4) is 0 Å². The van der Waals surface area contributed by atoms with E-state index in [1.54, 1.807) is 0 Å². The maximum absolute atomic E-state index is 13.2. The van der Waals surface area contributed by atoms with E-state index >= 15 is 0 Å². The normalized spacial score (nSPS) is 17.1. The lowest BCUT2D eigenvalue weighted by Gasteiger charge is -2.22. The average molecular weight is 241 g/mol. The summed E-state index contributed by atoms with van der Waals surface area (Å²) >= 11 is 0. The molecule has 0 radical (unpaired) electrons.